The van der Waals surface area contributed by atoms with Crippen LogP contribution < -0.4 is 5.32 Å². The lowest BCUT2D eigenvalue weighted by Gasteiger charge is -2.08. The normalized spacial score (nSPS) is 9.75. The van der Waals surface area contributed by atoms with Crippen LogP contribution in [0.2, 0.25) is 0 Å². The molecule has 0 spiro atoms. The molecule has 16 heavy (non-hydrogen) atoms. The number of nitrogens with one attached hydrogen (secondary N) is 2. The van der Waals surface area contributed by atoms with Crippen LogP contribution in [-0.4, -0.2) is 6.21 Å². The SMILES string of the molecule is N=Cc1ccccc1NCc1ccccc1. The van der Waals surface area contributed by atoms with Gasteiger partial charge in [-0.3, -0.25) is 0 Å². The molecule has 2 nitrogen and oxygen atoms in total. The fraction of sp³-hybridized carbons (Fsp3) is 0.0714. The van der Waals surface area contributed by atoms with Crippen molar-refractivity contribution in [2.45, 2.75) is 6.54 Å². The highest BCUT2D eigenvalue weighted by molar-refractivity contribution is 5.85. The lowest BCUT2D eigenvalue weighted by molar-refractivity contribution is 1.15. The average molecular weight is 210 g/mol. The Bertz CT molecular complexity index is 463. The Morgan fingerprint density at radius 1 is 0.938 bits per heavy atom. The van der Waals surface area contributed by atoms with E-state index < -0.39 is 0 Å². The van der Waals surface area contributed by atoms with Crippen LogP contribution in [0.25, 0.3) is 0 Å². The van der Waals surface area contributed by atoms with Gasteiger partial charge in [-0.05, 0) is 11.6 Å². The molecule has 0 atom stereocenters. The van der Waals surface area contributed by atoms with E-state index in [1.165, 1.54) is 11.8 Å². The first kappa shape index (κ1) is 10.4. The maximum Gasteiger partial charge on any atom is 0.0431 e. The van der Waals surface area contributed by atoms with Crippen LogP contribution in [0.4, 0.5) is 5.69 Å². The Balaban J connectivity index is 2.08. The summed E-state index contributed by atoms with van der Waals surface area (Å²) in [4.78, 5) is 0. The first-order chi connectivity index (χ1) is 7.90. The highest BCUT2D eigenvalue weighted by Gasteiger charge is 1.97. The molecule has 2 N–H and O–H groups in total. The van der Waals surface area contributed by atoms with Gasteiger partial charge in [-0.25, -0.2) is 0 Å². The van der Waals surface area contributed by atoms with Gasteiger partial charge < -0.3 is 10.7 Å². The second kappa shape index (κ2) is 5.12. The van der Waals surface area contributed by atoms with Crippen molar-refractivity contribution in [2.24, 2.45) is 0 Å². The van der Waals surface area contributed by atoms with Crippen LogP contribution in [0.15, 0.2) is 54.6 Å². The van der Waals surface area contributed by atoms with Gasteiger partial charge in [0.05, 0.1) is 0 Å². The van der Waals surface area contributed by atoms with E-state index in [-0.39, 0.29) is 0 Å². The summed E-state index contributed by atoms with van der Waals surface area (Å²) in [5.74, 6) is 0. The van der Waals surface area contributed by atoms with Gasteiger partial charge in [0, 0.05) is 24.0 Å². The van der Waals surface area contributed by atoms with Gasteiger partial charge >= 0.3 is 0 Å². The van der Waals surface area contributed by atoms with E-state index in [0.717, 1.165) is 17.8 Å². The number of rotatable bonds is 4. The van der Waals surface area contributed by atoms with Crippen molar-refractivity contribution in [3.05, 3.63) is 65.7 Å². The fourth-order valence-electron chi connectivity index (χ4n) is 1.58. The first-order valence-corrected chi connectivity index (χ1v) is 5.27. The van der Waals surface area contributed by atoms with Crippen molar-refractivity contribution in [1.82, 2.24) is 0 Å². The molecule has 0 fully saturated rings. The summed E-state index contributed by atoms with van der Waals surface area (Å²) in [5.41, 5.74) is 3.15. The van der Waals surface area contributed by atoms with Gasteiger partial charge in [0.2, 0.25) is 0 Å². The largest absolute Gasteiger partial charge is 0.380 e. The van der Waals surface area contributed by atoms with Crippen LogP contribution >= 0.6 is 0 Å². The van der Waals surface area contributed by atoms with E-state index in [9.17, 15) is 0 Å². The molecule has 0 bridgehead atoms. The van der Waals surface area contributed by atoms with E-state index in [4.69, 9.17) is 5.41 Å². The maximum atomic E-state index is 7.30. The first-order valence-electron chi connectivity index (χ1n) is 5.27. The minimum absolute atomic E-state index is 0.783. The van der Waals surface area contributed by atoms with Gasteiger partial charge in [0.1, 0.15) is 0 Å². The summed E-state index contributed by atoms with van der Waals surface area (Å²) >= 11 is 0. The second-order valence-electron chi connectivity index (χ2n) is 3.57. The summed E-state index contributed by atoms with van der Waals surface area (Å²) in [6.45, 7) is 0.783. The van der Waals surface area contributed by atoms with Crippen molar-refractivity contribution in [1.29, 1.82) is 5.41 Å². The predicted octanol–water partition coefficient (Wildman–Crippen LogP) is 3.30. The molecular weight excluding hydrogens is 196 g/mol. The quantitative estimate of drug-likeness (QED) is 0.746. The number of benzene rings is 2. The lowest BCUT2D eigenvalue weighted by Crippen LogP contribution is -2.01. The highest BCUT2D eigenvalue weighted by atomic mass is 14.9. The number of para-hydroxylation sites is 1. The highest BCUT2D eigenvalue weighted by Crippen LogP contribution is 2.13. The van der Waals surface area contributed by atoms with E-state index >= 15 is 0 Å². The lowest BCUT2D eigenvalue weighted by atomic mass is 10.1. The maximum absolute atomic E-state index is 7.30. The molecule has 0 saturated heterocycles. The van der Waals surface area contributed by atoms with E-state index in [0.29, 0.717) is 0 Å². The molecule has 0 unspecified atom stereocenters. The van der Waals surface area contributed by atoms with Crippen LogP contribution in [0, 0.1) is 5.41 Å². The van der Waals surface area contributed by atoms with Gasteiger partial charge in [-0.2, -0.15) is 0 Å². The zero-order chi connectivity index (χ0) is 11.2. The number of anilines is 1. The zero-order valence-corrected chi connectivity index (χ0v) is 8.98. The molecule has 0 saturated carbocycles. The zero-order valence-electron chi connectivity index (χ0n) is 8.98. The van der Waals surface area contributed by atoms with E-state index in [2.05, 4.69) is 17.4 Å². The molecule has 0 aliphatic heterocycles. The Morgan fingerprint density at radius 2 is 1.62 bits per heavy atom. The molecule has 2 aromatic carbocycles. The summed E-state index contributed by atoms with van der Waals surface area (Å²) in [5, 5.41) is 10.6. The number of hydrogen-bond donors (Lipinski definition) is 2. The predicted molar refractivity (Wildman–Crippen MR) is 68.1 cm³/mol. The van der Waals surface area contributed by atoms with Gasteiger partial charge in [0.25, 0.3) is 0 Å². The van der Waals surface area contributed by atoms with Crippen molar-refractivity contribution in [3.63, 3.8) is 0 Å². The van der Waals surface area contributed by atoms with E-state index in [1.807, 2.05) is 42.5 Å². The third kappa shape index (κ3) is 2.48. The van der Waals surface area contributed by atoms with E-state index in [1.54, 1.807) is 0 Å². The van der Waals surface area contributed by atoms with Gasteiger partial charge in [-0.1, -0.05) is 48.5 Å². The van der Waals surface area contributed by atoms with Crippen LogP contribution in [0.3, 0.4) is 0 Å². The summed E-state index contributed by atoms with van der Waals surface area (Å²) in [6.07, 6.45) is 1.37. The Morgan fingerprint density at radius 3 is 2.38 bits per heavy atom. The molecule has 0 aliphatic carbocycles. The Hall–Kier alpha value is -2.09. The Labute approximate surface area is 95.5 Å². The molecule has 0 amide bonds. The third-order valence-electron chi connectivity index (χ3n) is 2.44. The molecular formula is C14H14N2. The van der Waals surface area contributed by atoms with Gasteiger partial charge in [-0.15, -0.1) is 0 Å². The van der Waals surface area contributed by atoms with Crippen molar-refractivity contribution < 1.29 is 0 Å². The summed E-state index contributed by atoms with van der Waals surface area (Å²) in [7, 11) is 0. The minimum Gasteiger partial charge on any atom is -0.380 e. The van der Waals surface area contributed by atoms with Crippen molar-refractivity contribution >= 4 is 11.9 Å². The fourth-order valence-corrected chi connectivity index (χ4v) is 1.58. The van der Waals surface area contributed by atoms with Crippen LogP contribution in [-0.2, 0) is 6.54 Å². The smallest absolute Gasteiger partial charge is 0.0431 e. The molecule has 2 aromatic rings. The van der Waals surface area contributed by atoms with Crippen molar-refractivity contribution in [3.8, 4) is 0 Å². The molecule has 0 aliphatic rings. The van der Waals surface area contributed by atoms with Crippen LogP contribution in [0.1, 0.15) is 11.1 Å². The standard InChI is InChI=1S/C14H14N2/c15-10-13-8-4-5-9-14(13)16-11-12-6-2-1-3-7-12/h1-10,15-16H,11H2. The third-order valence-corrected chi connectivity index (χ3v) is 2.44. The van der Waals surface area contributed by atoms with Gasteiger partial charge in [0.15, 0.2) is 0 Å². The number of hydrogen-bond acceptors (Lipinski definition) is 2. The Kier molecular flexibility index (Phi) is 3.34. The molecule has 0 aromatic heterocycles. The summed E-state index contributed by atoms with van der Waals surface area (Å²) < 4.78 is 0. The minimum atomic E-state index is 0.783. The second-order valence-corrected chi connectivity index (χ2v) is 3.57. The molecule has 80 valence electrons. The molecule has 0 radical (unpaired) electrons. The average Bonchev–Trinajstić information content (AvgIpc) is 2.38. The topological polar surface area (TPSA) is 35.9 Å². The van der Waals surface area contributed by atoms with Crippen molar-refractivity contribution in [2.75, 3.05) is 5.32 Å². The molecule has 2 rings (SSSR count). The summed E-state index contributed by atoms with van der Waals surface area (Å²) in [6, 6.07) is 18.1. The molecule has 2 heteroatoms. The molecule has 0 heterocycles. The monoisotopic (exact) mass is 210 g/mol. The van der Waals surface area contributed by atoms with Crippen LogP contribution in [0.5, 0.6) is 0 Å².